The second-order valence-electron chi connectivity index (χ2n) is 16.7. The topological polar surface area (TPSA) is 182 Å². The summed E-state index contributed by atoms with van der Waals surface area (Å²) in [6, 6.07) is 1.98. The highest BCUT2D eigenvalue weighted by atomic mass is 32.2. The number of carbonyl (C=O) groups is 4. The largest absolute Gasteiger partial charge is 0.497 e. The molecule has 0 radical (unpaired) electrons. The molecule has 58 heavy (non-hydrogen) atoms. The number of alkyl halides is 3. The number of halogens is 3. The van der Waals surface area contributed by atoms with E-state index in [9.17, 15) is 40.8 Å². The number of rotatable bonds is 7. The van der Waals surface area contributed by atoms with E-state index in [0.29, 0.717) is 56.1 Å². The van der Waals surface area contributed by atoms with Crippen molar-refractivity contribution in [1.29, 1.82) is 0 Å². The van der Waals surface area contributed by atoms with Crippen molar-refractivity contribution in [2.45, 2.75) is 138 Å². The number of carbonyl (C=O) groups excluding carboxylic acids is 4. The molecule has 1 aromatic carbocycles. The van der Waals surface area contributed by atoms with Gasteiger partial charge in [0.2, 0.25) is 21.8 Å². The summed E-state index contributed by atoms with van der Waals surface area (Å²) in [6.07, 6.45) is 1.38. The van der Waals surface area contributed by atoms with E-state index < -0.39 is 91.5 Å². The number of ether oxygens (including phenoxy) is 3. The fraction of sp³-hybridized carbons (Fsp3) is 0.625. The summed E-state index contributed by atoms with van der Waals surface area (Å²) < 4.78 is 88.8. The van der Waals surface area contributed by atoms with E-state index in [4.69, 9.17) is 14.2 Å². The molecule has 3 N–H and O–H groups in total. The van der Waals surface area contributed by atoms with Gasteiger partial charge in [0.05, 0.1) is 23.9 Å². The molecule has 4 heterocycles. The molecule has 0 unspecified atom stereocenters. The fourth-order valence-electron chi connectivity index (χ4n) is 8.27. The second kappa shape index (κ2) is 15.2. The number of nitrogens with zero attached hydrogens (tertiary/aromatic N) is 2. The van der Waals surface area contributed by atoms with Gasteiger partial charge in [-0.3, -0.25) is 19.1 Å². The Morgan fingerprint density at radius 2 is 1.90 bits per heavy atom. The minimum atomic E-state index is -4.93. The van der Waals surface area contributed by atoms with Crippen molar-refractivity contribution >= 4 is 44.7 Å². The zero-order valence-corrected chi connectivity index (χ0v) is 33.8. The number of aryl methyl sites for hydroxylation is 1. The maximum atomic E-state index is 14.7. The van der Waals surface area contributed by atoms with Crippen LogP contribution in [0.25, 0.3) is 10.9 Å². The van der Waals surface area contributed by atoms with Crippen molar-refractivity contribution in [3.63, 3.8) is 0 Å². The number of amides is 4. The molecule has 1 aromatic heterocycles. The number of hydrogen-bond donors (Lipinski definition) is 3. The number of alkyl carbamates (subject to hydrolysis) is 1. The number of fused-ring (bicyclic) bond motifs is 5. The van der Waals surface area contributed by atoms with Crippen molar-refractivity contribution in [3.05, 3.63) is 41.6 Å². The SMILES string of the molecule is CC[C@H](C)OC(=O)N[C@H]1CCCCC/C=C\[C@@H]2C[C@@]2(C(=O)NS(=O)(=O)C2(C)CC2)NC(=O)[C@@H]2C[C@]3(CCc4c(c(C(F)(F)F)nc5ccc(OC)cc45)O3)CN2C1=O. The van der Waals surface area contributed by atoms with E-state index in [1.165, 1.54) is 31.1 Å². The molecule has 0 bridgehead atoms. The summed E-state index contributed by atoms with van der Waals surface area (Å²) in [5.41, 5.74) is -4.09. The lowest BCUT2D eigenvalue weighted by Crippen LogP contribution is -2.58. The Balaban J connectivity index is 1.27. The standard InChI is InChI=1S/C40H50F3N5O9S/c1-5-23(2)56-36(52)45-29-12-10-8-6-7-9-11-24-20-39(24,35(51)47-58(53,54)37(3)17-18-37)46-33(49)30-21-38(22-48(30)34(29)50)16-15-26-27-19-25(55-4)13-14-28(27)44-32(31(26)57-38)40(41,42)43/h9,11,13-14,19,23-24,29-30H,5-8,10,12,15-18,20-22H2,1-4H3,(H,45,52)(H,46,49)(H,47,51)/b11-9-/t23-,24+,29-,30-,38+,39+/m0/s1. The molecule has 18 heteroatoms. The first-order chi connectivity index (χ1) is 27.3. The first kappa shape index (κ1) is 41.5. The molecule has 2 aliphatic carbocycles. The van der Waals surface area contributed by atoms with Crippen LogP contribution in [0.1, 0.15) is 103 Å². The Morgan fingerprint density at radius 3 is 2.59 bits per heavy atom. The molecular formula is C40H50F3N5O9S. The quantitative estimate of drug-likeness (QED) is 0.313. The normalized spacial score (nSPS) is 29.3. The van der Waals surface area contributed by atoms with E-state index in [0.717, 1.165) is 0 Å². The van der Waals surface area contributed by atoms with Crippen molar-refractivity contribution in [1.82, 2.24) is 25.2 Å². The third-order valence-corrected chi connectivity index (χ3v) is 14.6. The highest BCUT2D eigenvalue weighted by Crippen LogP contribution is 2.50. The van der Waals surface area contributed by atoms with E-state index in [2.05, 4.69) is 20.3 Å². The molecule has 1 spiro atoms. The van der Waals surface area contributed by atoms with Crippen LogP contribution >= 0.6 is 0 Å². The van der Waals surface area contributed by atoms with Crippen LogP contribution in [-0.2, 0) is 41.7 Å². The predicted octanol–water partition coefficient (Wildman–Crippen LogP) is 5.21. The molecule has 6 atom stereocenters. The molecule has 316 valence electrons. The molecule has 3 fully saturated rings. The van der Waals surface area contributed by atoms with Crippen LogP contribution in [0.15, 0.2) is 30.4 Å². The first-order valence-corrected chi connectivity index (χ1v) is 21.4. The average molecular weight is 834 g/mol. The maximum absolute atomic E-state index is 14.7. The van der Waals surface area contributed by atoms with Gasteiger partial charge in [-0.15, -0.1) is 0 Å². The van der Waals surface area contributed by atoms with Gasteiger partial charge in [-0.2, -0.15) is 13.2 Å². The number of sulfonamides is 1. The van der Waals surface area contributed by atoms with Gasteiger partial charge in [0.15, 0.2) is 11.4 Å². The fourth-order valence-corrected chi connectivity index (χ4v) is 9.58. The van der Waals surface area contributed by atoms with Crippen LogP contribution in [0.4, 0.5) is 18.0 Å². The smallest absolute Gasteiger partial charge is 0.437 e. The summed E-state index contributed by atoms with van der Waals surface area (Å²) in [5, 5.41) is 5.86. The van der Waals surface area contributed by atoms with Crippen LogP contribution in [0, 0.1) is 5.92 Å². The molecule has 7 rings (SSSR count). The van der Waals surface area contributed by atoms with Gasteiger partial charge in [-0.1, -0.05) is 31.9 Å². The van der Waals surface area contributed by atoms with Crippen LogP contribution in [0.3, 0.4) is 0 Å². The van der Waals surface area contributed by atoms with Gasteiger partial charge in [0, 0.05) is 23.3 Å². The Hall–Kier alpha value is -4.61. The van der Waals surface area contributed by atoms with Gasteiger partial charge in [0.25, 0.3) is 5.91 Å². The molecule has 5 aliphatic rings. The van der Waals surface area contributed by atoms with Crippen LogP contribution in [0.2, 0.25) is 0 Å². The Bertz CT molecular complexity index is 2140. The molecule has 14 nitrogen and oxygen atoms in total. The third-order valence-electron chi connectivity index (χ3n) is 12.5. The third kappa shape index (κ3) is 7.92. The second-order valence-corrected chi connectivity index (χ2v) is 18.9. The number of nitrogens with one attached hydrogen (secondary N) is 3. The summed E-state index contributed by atoms with van der Waals surface area (Å²) in [6.45, 7) is 4.73. The molecular weight excluding hydrogens is 784 g/mol. The van der Waals surface area contributed by atoms with E-state index in [1.807, 2.05) is 13.0 Å². The van der Waals surface area contributed by atoms with E-state index in [1.54, 1.807) is 19.1 Å². The monoisotopic (exact) mass is 833 g/mol. The van der Waals surface area contributed by atoms with Crippen molar-refractivity contribution in [2.75, 3.05) is 13.7 Å². The molecule has 3 aliphatic heterocycles. The molecule has 1 saturated heterocycles. The van der Waals surface area contributed by atoms with Crippen molar-refractivity contribution in [2.24, 2.45) is 5.92 Å². The lowest BCUT2D eigenvalue weighted by molar-refractivity contribution is -0.144. The van der Waals surface area contributed by atoms with Gasteiger partial charge in [-0.25, -0.2) is 18.2 Å². The Labute approximate surface area is 335 Å². The van der Waals surface area contributed by atoms with Crippen molar-refractivity contribution in [3.8, 4) is 11.5 Å². The maximum Gasteiger partial charge on any atom is 0.437 e. The summed E-state index contributed by atoms with van der Waals surface area (Å²) in [5.74, 6) is -3.06. The highest BCUT2D eigenvalue weighted by molar-refractivity contribution is 7.91. The summed E-state index contributed by atoms with van der Waals surface area (Å²) in [4.78, 5) is 61.5. The zero-order chi connectivity index (χ0) is 41.8. The minimum Gasteiger partial charge on any atom is -0.497 e. The number of allylic oxidation sites excluding steroid dienone is 1. The minimum absolute atomic E-state index is 0.0692. The molecule has 4 amide bonds. The molecule has 2 aromatic rings. The summed E-state index contributed by atoms with van der Waals surface area (Å²) >= 11 is 0. The van der Waals surface area contributed by atoms with Gasteiger partial charge < -0.3 is 29.7 Å². The van der Waals surface area contributed by atoms with Crippen LogP contribution in [0.5, 0.6) is 11.5 Å². The Morgan fingerprint density at radius 1 is 1.14 bits per heavy atom. The number of methoxy groups -OCH3 is 1. The lowest BCUT2D eigenvalue weighted by Gasteiger charge is -2.37. The predicted molar refractivity (Wildman–Crippen MR) is 204 cm³/mol. The average Bonchev–Trinajstić information content (AvgIpc) is 4.06. The highest BCUT2D eigenvalue weighted by Gasteiger charge is 2.64. The summed E-state index contributed by atoms with van der Waals surface area (Å²) in [7, 11) is -2.66. The lowest BCUT2D eigenvalue weighted by atomic mass is 9.87. The Kier molecular flexibility index (Phi) is 10.9. The van der Waals surface area contributed by atoms with E-state index in [-0.39, 0.29) is 49.7 Å². The zero-order valence-electron chi connectivity index (χ0n) is 33.0. The number of hydrogen-bond acceptors (Lipinski definition) is 10. The van der Waals surface area contributed by atoms with Crippen LogP contribution in [-0.4, -0.2) is 89.8 Å². The van der Waals surface area contributed by atoms with Gasteiger partial charge in [-0.05, 0) is 89.8 Å². The van der Waals surface area contributed by atoms with Crippen molar-refractivity contribution < 1.29 is 55.0 Å². The van der Waals surface area contributed by atoms with Gasteiger partial charge in [0.1, 0.15) is 35.1 Å². The number of pyridine rings is 1. The first-order valence-electron chi connectivity index (χ1n) is 19.9. The molecule has 2 saturated carbocycles. The van der Waals surface area contributed by atoms with Gasteiger partial charge >= 0.3 is 12.3 Å². The number of aromatic nitrogens is 1. The van der Waals surface area contributed by atoms with E-state index >= 15 is 0 Å². The van der Waals surface area contributed by atoms with Crippen LogP contribution < -0.4 is 24.8 Å². The number of benzene rings is 1.